The standard InChI is InChI=1S/C8H14O2/c1-5-4-8(9)10-7(3)6(5)2/h5-7H,4H2,1-3H3/t5-,6-,7-/m0/s1. The number of hydrogen-bond donors (Lipinski definition) is 0. The molecule has 3 atom stereocenters. The van der Waals surface area contributed by atoms with E-state index in [1.807, 2.05) is 6.92 Å². The first-order valence-electron chi connectivity index (χ1n) is 3.80. The van der Waals surface area contributed by atoms with Crippen LogP contribution in [-0.2, 0) is 9.53 Å². The molecule has 0 bridgehead atoms. The Morgan fingerprint density at radius 3 is 2.50 bits per heavy atom. The summed E-state index contributed by atoms with van der Waals surface area (Å²) in [7, 11) is 0. The molecule has 2 heteroatoms. The summed E-state index contributed by atoms with van der Waals surface area (Å²) in [5, 5.41) is 0. The highest BCUT2D eigenvalue weighted by atomic mass is 16.5. The Balaban J connectivity index is 2.57. The Kier molecular flexibility index (Phi) is 1.97. The van der Waals surface area contributed by atoms with Crippen LogP contribution in [0.25, 0.3) is 0 Å². The Labute approximate surface area is 61.6 Å². The van der Waals surface area contributed by atoms with Gasteiger partial charge in [-0.05, 0) is 18.8 Å². The van der Waals surface area contributed by atoms with Crippen molar-refractivity contribution in [2.45, 2.75) is 33.3 Å². The van der Waals surface area contributed by atoms with Gasteiger partial charge in [0.15, 0.2) is 0 Å². The van der Waals surface area contributed by atoms with Gasteiger partial charge >= 0.3 is 5.97 Å². The molecule has 1 heterocycles. The van der Waals surface area contributed by atoms with Crippen LogP contribution in [0.1, 0.15) is 27.2 Å². The van der Waals surface area contributed by atoms with Gasteiger partial charge in [-0.2, -0.15) is 0 Å². The summed E-state index contributed by atoms with van der Waals surface area (Å²) < 4.78 is 5.03. The molecule has 10 heavy (non-hydrogen) atoms. The first-order chi connectivity index (χ1) is 4.61. The van der Waals surface area contributed by atoms with Crippen LogP contribution < -0.4 is 0 Å². The zero-order valence-electron chi connectivity index (χ0n) is 6.76. The maximum absolute atomic E-state index is 10.8. The van der Waals surface area contributed by atoms with Crippen molar-refractivity contribution < 1.29 is 9.53 Å². The summed E-state index contributed by atoms with van der Waals surface area (Å²) in [4.78, 5) is 10.8. The molecular formula is C8H14O2. The van der Waals surface area contributed by atoms with E-state index in [0.29, 0.717) is 18.3 Å². The molecule has 0 aromatic rings. The van der Waals surface area contributed by atoms with Crippen molar-refractivity contribution in [2.75, 3.05) is 0 Å². The van der Waals surface area contributed by atoms with Gasteiger partial charge < -0.3 is 4.74 Å². The molecule has 2 nitrogen and oxygen atoms in total. The highest BCUT2D eigenvalue weighted by Crippen LogP contribution is 2.26. The van der Waals surface area contributed by atoms with Gasteiger partial charge in [-0.3, -0.25) is 4.79 Å². The second-order valence-corrected chi connectivity index (χ2v) is 3.24. The third kappa shape index (κ3) is 1.31. The van der Waals surface area contributed by atoms with E-state index in [-0.39, 0.29) is 12.1 Å². The van der Waals surface area contributed by atoms with Crippen molar-refractivity contribution in [3.8, 4) is 0 Å². The average Bonchev–Trinajstić information content (AvgIpc) is 1.82. The second-order valence-electron chi connectivity index (χ2n) is 3.24. The number of cyclic esters (lactones) is 1. The van der Waals surface area contributed by atoms with Crippen LogP contribution in [0, 0.1) is 11.8 Å². The Bertz CT molecular complexity index is 128. The van der Waals surface area contributed by atoms with Crippen molar-refractivity contribution in [3.05, 3.63) is 0 Å². The third-order valence-corrected chi connectivity index (χ3v) is 2.44. The van der Waals surface area contributed by atoms with Gasteiger partial charge in [0.2, 0.25) is 0 Å². The predicted molar refractivity (Wildman–Crippen MR) is 38.5 cm³/mol. The largest absolute Gasteiger partial charge is 0.462 e. The van der Waals surface area contributed by atoms with Crippen LogP contribution in [0.15, 0.2) is 0 Å². The summed E-state index contributed by atoms with van der Waals surface area (Å²) in [6.45, 7) is 6.18. The van der Waals surface area contributed by atoms with Crippen LogP contribution >= 0.6 is 0 Å². The van der Waals surface area contributed by atoms with E-state index >= 15 is 0 Å². The van der Waals surface area contributed by atoms with E-state index < -0.39 is 0 Å². The van der Waals surface area contributed by atoms with Gasteiger partial charge in [0, 0.05) is 6.42 Å². The molecule has 1 aliphatic rings. The third-order valence-electron chi connectivity index (χ3n) is 2.44. The van der Waals surface area contributed by atoms with Gasteiger partial charge in [0.1, 0.15) is 6.10 Å². The monoisotopic (exact) mass is 142 g/mol. The zero-order chi connectivity index (χ0) is 7.72. The lowest BCUT2D eigenvalue weighted by Crippen LogP contribution is -2.34. The summed E-state index contributed by atoms with van der Waals surface area (Å²) in [5.74, 6) is 0.951. The first-order valence-corrected chi connectivity index (χ1v) is 3.80. The van der Waals surface area contributed by atoms with Gasteiger partial charge in [0.25, 0.3) is 0 Å². The van der Waals surface area contributed by atoms with E-state index in [1.54, 1.807) is 0 Å². The van der Waals surface area contributed by atoms with E-state index in [1.165, 1.54) is 0 Å². The molecule has 0 aliphatic carbocycles. The maximum atomic E-state index is 10.8. The number of esters is 1. The Morgan fingerprint density at radius 1 is 1.40 bits per heavy atom. The van der Waals surface area contributed by atoms with Crippen molar-refractivity contribution >= 4 is 5.97 Å². The first kappa shape index (κ1) is 7.58. The number of carbonyl (C=O) groups excluding carboxylic acids is 1. The summed E-state index contributed by atoms with van der Waals surface area (Å²) in [5.41, 5.74) is 0. The quantitative estimate of drug-likeness (QED) is 0.480. The molecule has 0 amide bonds. The molecule has 58 valence electrons. The van der Waals surface area contributed by atoms with Crippen LogP contribution in [0.2, 0.25) is 0 Å². The van der Waals surface area contributed by atoms with Crippen molar-refractivity contribution in [3.63, 3.8) is 0 Å². The molecule has 1 rings (SSSR count). The Morgan fingerprint density at radius 2 is 2.00 bits per heavy atom. The highest BCUT2D eigenvalue weighted by Gasteiger charge is 2.29. The SMILES string of the molecule is C[C@@H]1[C@H](C)OC(=O)C[C@@H]1C. The van der Waals surface area contributed by atoms with Crippen LogP contribution in [0.4, 0.5) is 0 Å². The summed E-state index contributed by atoms with van der Waals surface area (Å²) in [6, 6.07) is 0. The van der Waals surface area contributed by atoms with Crippen molar-refractivity contribution in [1.82, 2.24) is 0 Å². The fourth-order valence-corrected chi connectivity index (χ4v) is 1.27. The van der Waals surface area contributed by atoms with Gasteiger partial charge in [0.05, 0.1) is 0 Å². The van der Waals surface area contributed by atoms with Crippen LogP contribution in [-0.4, -0.2) is 12.1 Å². The lowest BCUT2D eigenvalue weighted by atomic mass is 9.87. The molecule has 0 spiro atoms. The van der Waals surface area contributed by atoms with Gasteiger partial charge in [-0.15, -0.1) is 0 Å². The minimum absolute atomic E-state index is 0.0434. The smallest absolute Gasteiger partial charge is 0.306 e. The molecule has 0 N–H and O–H groups in total. The number of rotatable bonds is 0. The fraction of sp³-hybridized carbons (Fsp3) is 0.875. The molecule has 1 aliphatic heterocycles. The topological polar surface area (TPSA) is 26.3 Å². The van der Waals surface area contributed by atoms with Crippen molar-refractivity contribution in [2.24, 2.45) is 11.8 Å². The van der Waals surface area contributed by atoms with E-state index in [2.05, 4.69) is 13.8 Å². The second kappa shape index (κ2) is 2.60. The van der Waals surface area contributed by atoms with Crippen LogP contribution in [0.5, 0.6) is 0 Å². The predicted octanol–water partition coefficient (Wildman–Crippen LogP) is 1.59. The Hall–Kier alpha value is -0.530. The molecule has 0 aromatic heterocycles. The number of ether oxygens (including phenoxy) is 1. The van der Waals surface area contributed by atoms with E-state index in [0.717, 1.165) is 0 Å². The maximum Gasteiger partial charge on any atom is 0.306 e. The molecule has 0 saturated carbocycles. The van der Waals surface area contributed by atoms with E-state index in [4.69, 9.17) is 4.74 Å². The minimum atomic E-state index is -0.0434. The normalized spacial score (nSPS) is 41.1. The van der Waals surface area contributed by atoms with Gasteiger partial charge in [-0.1, -0.05) is 13.8 Å². The molecular weight excluding hydrogens is 128 g/mol. The number of carbonyl (C=O) groups is 1. The number of hydrogen-bond acceptors (Lipinski definition) is 2. The molecule has 1 saturated heterocycles. The van der Waals surface area contributed by atoms with Crippen LogP contribution in [0.3, 0.4) is 0 Å². The minimum Gasteiger partial charge on any atom is -0.462 e. The molecule has 0 radical (unpaired) electrons. The highest BCUT2D eigenvalue weighted by molar-refractivity contribution is 5.70. The average molecular weight is 142 g/mol. The summed E-state index contributed by atoms with van der Waals surface area (Å²) in [6.07, 6.45) is 0.696. The fourth-order valence-electron chi connectivity index (χ4n) is 1.27. The molecule has 0 aromatic carbocycles. The summed E-state index contributed by atoms with van der Waals surface area (Å²) >= 11 is 0. The van der Waals surface area contributed by atoms with Crippen molar-refractivity contribution in [1.29, 1.82) is 0 Å². The molecule has 1 fully saturated rings. The lowest BCUT2D eigenvalue weighted by molar-refractivity contribution is -0.159. The zero-order valence-corrected chi connectivity index (χ0v) is 6.76. The lowest BCUT2D eigenvalue weighted by Gasteiger charge is -2.30. The van der Waals surface area contributed by atoms with E-state index in [9.17, 15) is 4.79 Å². The van der Waals surface area contributed by atoms with Gasteiger partial charge in [-0.25, -0.2) is 0 Å². The molecule has 0 unspecified atom stereocenters.